The molecule has 1 aromatic carbocycles. The molecular weight excluding hydrogens is 337 g/mol. The number of carbonyl (C=O) groups is 1. The number of rotatable bonds is 4. The van der Waals surface area contributed by atoms with Gasteiger partial charge in [-0.1, -0.05) is 53.8 Å². The summed E-state index contributed by atoms with van der Waals surface area (Å²) in [6.45, 7) is 0.600. The molecule has 1 aromatic heterocycles. The molecule has 23 heavy (non-hydrogen) atoms. The Morgan fingerprint density at radius 2 is 2.04 bits per heavy atom. The summed E-state index contributed by atoms with van der Waals surface area (Å²) in [4.78, 5) is 19.1. The van der Waals surface area contributed by atoms with E-state index in [0.717, 1.165) is 5.56 Å². The summed E-state index contributed by atoms with van der Waals surface area (Å²) >= 11 is 11.5. The van der Waals surface area contributed by atoms with Crippen LogP contribution in [0.2, 0.25) is 10.4 Å². The monoisotopic (exact) mass is 349 g/mol. The number of alkyl carbamates (subject to hydrolysis) is 1. The molecule has 2 aromatic rings. The van der Waals surface area contributed by atoms with Crippen LogP contribution >= 0.6 is 23.2 Å². The molecule has 1 N–H and O–H groups in total. The number of nitrogens with one attached hydrogen (secondary N) is 1. The first kappa shape index (κ1) is 17.1. The Morgan fingerprint density at radius 3 is 2.78 bits per heavy atom. The van der Waals surface area contributed by atoms with Gasteiger partial charge in [0.1, 0.15) is 11.8 Å². The number of ether oxygens (including phenoxy) is 1. The second-order valence-electron chi connectivity index (χ2n) is 4.38. The number of amides is 1. The van der Waals surface area contributed by atoms with E-state index in [-0.39, 0.29) is 17.0 Å². The molecule has 0 aliphatic rings. The molecule has 0 fully saturated rings. The predicted octanol–water partition coefficient (Wildman–Crippen LogP) is 3.45. The Balaban J connectivity index is 1.69. The van der Waals surface area contributed by atoms with E-state index in [1.54, 1.807) is 0 Å². The van der Waals surface area contributed by atoms with Crippen molar-refractivity contribution in [2.75, 3.05) is 6.54 Å². The second-order valence-corrected chi connectivity index (χ2v) is 5.08. The van der Waals surface area contributed by atoms with Gasteiger partial charge in [0.2, 0.25) is 5.28 Å². The lowest BCUT2D eigenvalue weighted by atomic mass is 10.2. The third kappa shape index (κ3) is 6.15. The van der Waals surface area contributed by atoms with E-state index in [4.69, 9.17) is 27.9 Å². The zero-order chi connectivity index (χ0) is 16.5. The molecule has 5 nitrogen and oxygen atoms in total. The zero-order valence-electron chi connectivity index (χ0n) is 12.1. The van der Waals surface area contributed by atoms with Crippen molar-refractivity contribution in [3.8, 4) is 11.8 Å². The van der Waals surface area contributed by atoms with Crippen LogP contribution in [-0.2, 0) is 11.3 Å². The number of carbonyl (C=O) groups excluding carboxylic acids is 1. The highest BCUT2D eigenvalue weighted by Gasteiger charge is 2.02. The predicted molar refractivity (Wildman–Crippen MR) is 88.2 cm³/mol. The van der Waals surface area contributed by atoms with E-state index in [1.807, 2.05) is 30.3 Å². The van der Waals surface area contributed by atoms with Gasteiger partial charge < -0.3 is 10.1 Å². The number of hydrogen-bond donors (Lipinski definition) is 1. The van der Waals surface area contributed by atoms with E-state index >= 15 is 0 Å². The first-order chi connectivity index (χ1) is 11.1. The van der Waals surface area contributed by atoms with Gasteiger partial charge >= 0.3 is 6.09 Å². The zero-order valence-corrected chi connectivity index (χ0v) is 13.6. The quantitative estimate of drug-likeness (QED) is 0.397. The number of nitrogens with zero attached hydrogens (tertiary/aromatic N) is 2. The van der Waals surface area contributed by atoms with Crippen LogP contribution < -0.4 is 5.32 Å². The van der Waals surface area contributed by atoms with Gasteiger partial charge in [0.15, 0.2) is 0 Å². The maximum absolute atomic E-state index is 11.5. The Labute approximate surface area is 144 Å². The summed E-state index contributed by atoms with van der Waals surface area (Å²) in [6.07, 6.45) is 1.41. The molecule has 0 aliphatic heterocycles. The van der Waals surface area contributed by atoms with Crippen molar-refractivity contribution < 1.29 is 9.53 Å². The lowest BCUT2D eigenvalue weighted by molar-refractivity contribution is 0.140. The molecule has 0 aliphatic carbocycles. The van der Waals surface area contributed by atoms with Crippen LogP contribution in [0.5, 0.6) is 0 Å². The van der Waals surface area contributed by atoms with Crippen LogP contribution in [0.15, 0.2) is 36.5 Å². The van der Waals surface area contributed by atoms with Gasteiger partial charge in [-0.3, -0.25) is 0 Å². The van der Waals surface area contributed by atoms with Crippen molar-refractivity contribution in [2.45, 2.75) is 13.0 Å². The van der Waals surface area contributed by atoms with Gasteiger partial charge in [0, 0.05) is 19.2 Å². The highest BCUT2D eigenvalue weighted by molar-refractivity contribution is 6.32. The van der Waals surface area contributed by atoms with E-state index in [2.05, 4.69) is 27.1 Å². The molecule has 0 bridgehead atoms. The number of hydrogen-bond acceptors (Lipinski definition) is 4. The molecule has 7 heteroatoms. The van der Waals surface area contributed by atoms with Crippen molar-refractivity contribution >= 4 is 29.3 Å². The van der Waals surface area contributed by atoms with Crippen LogP contribution in [0.3, 0.4) is 0 Å². The van der Waals surface area contributed by atoms with Crippen molar-refractivity contribution in [1.29, 1.82) is 0 Å². The number of halogens is 2. The minimum Gasteiger partial charge on any atom is -0.445 e. The summed E-state index contributed by atoms with van der Waals surface area (Å²) < 4.78 is 5.07. The Hall–Kier alpha value is -2.29. The Bertz CT molecular complexity index is 727. The fourth-order valence-corrected chi connectivity index (χ4v) is 1.94. The molecule has 118 valence electrons. The standard InChI is InChI=1S/C16H13Cl2N3O2/c17-14-13(10-20-15(18)21-14)8-4-5-9-19-16(22)23-11-12-6-2-1-3-7-12/h1-3,6-7,10H,5,9,11H2,(H,19,22). The molecule has 0 unspecified atom stereocenters. The van der Waals surface area contributed by atoms with Crippen molar-refractivity contribution in [3.63, 3.8) is 0 Å². The van der Waals surface area contributed by atoms with E-state index in [9.17, 15) is 4.79 Å². The van der Waals surface area contributed by atoms with Crippen LogP contribution in [0.1, 0.15) is 17.5 Å². The Morgan fingerprint density at radius 1 is 1.26 bits per heavy atom. The maximum atomic E-state index is 11.5. The van der Waals surface area contributed by atoms with Gasteiger partial charge in [-0.15, -0.1) is 0 Å². The molecular formula is C16H13Cl2N3O2. The molecule has 0 radical (unpaired) electrons. The second kappa shape index (κ2) is 8.99. The van der Waals surface area contributed by atoms with Gasteiger partial charge in [-0.25, -0.2) is 14.8 Å². The third-order valence-electron chi connectivity index (χ3n) is 2.67. The van der Waals surface area contributed by atoms with Crippen LogP contribution in [0.4, 0.5) is 4.79 Å². The van der Waals surface area contributed by atoms with E-state index in [1.165, 1.54) is 6.20 Å². The summed E-state index contributed by atoms with van der Waals surface area (Å²) in [6, 6.07) is 9.45. The van der Waals surface area contributed by atoms with Crippen LogP contribution in [-0.4, -0.2) is 22.6 Å². The van der Waals surface area contributed by atoms with Gasteiger partial charge in [0.25, 0.3) is 0 Å². The Kier molecular flexibility index (Phi) is 6.67. The summed E-state index contributed by atoms with van der Waals surface area (Å²) in [5.74, 6) is 5.68. The molecule has 0 atom stereocenters. The average Bonchev–Trinajstić information content (AvgIpc) is 2.55. The van der Waals surface area contributed by atoms with E-state index in [0.29, 0.717) is 18.5 Å². The summed E-state index contributed by atoms with van der Waals surface area (Å²) in [5.41, 5.74) is 1.42. The highest BCUT2D eigenvalue weighted by atomic mass is 35.5. The molecule has 0 saturated heterocycles. The molecule has 2 rings (SSSR count). The fourth-order valence-electron chi connectivity index (χ4n) is 1.58. The van der Waals surface area contributed by atoms with Gasteiger partial charge in [-0.2, -0.15) is 0 Å². The van der Waals surface area contributed by atoms with Gasteiger partial charge in [0.05, 0.1) is 5.56 Å². The minimum absolute atomic E-state index is 0.0726. The van der Waals surface area contributed by atoms with Crippen LogP contribution in [0.25, 0.3) is 0 Å². The molecule has 0 spiro atoms. The normalized spacial score (nSPS) is 9.65. The largest absolute Gasteiger partial charge is 0.445 e. The lowest BCUT2D eigenvalue weighted by Gasteiger charge is -2.05. The molecule has 0 saturated carbocycles. The smallest absolute Gasteiger partial charge is 0.407 e. The average molecular weight is 350 g/mol. The number of benzene rings is 1. The summed E-state index contributed by atoms with van der Waals surface area (Å²) in [5, 5.41) is 2.89. The minimum atomic E-state index is -0.483. The number of aromatic nitrogens is 2. The van der Waals surface area contributed by atoms with E-state index < -0.39 is 6.09 Å². The van der Waals surface area contributed by atoms with Crippen molar-refractivity contribution in [3.05, 3.63) is 58.1 Å². The lowest BCUT2D eigenvalue weighted by Crippen LogP contribution is -2.24. The topological polar surface area (TPSA) is 64.1 Å². The maximum Gasteiger partial charge on any atom is 0.407 e. The highest BCUT2D eigenvalue weighted by Crippen LogP contribution is 2.12. The first-order valence-electron chi connectivity index (χ1n) is 6.76. The molecule has 1 amide bonds. The third-order valence-corrected chi connectivity index (χ3v) is 3.14. The first-order valence-corrected chi connectivity index (χ1v) is 7.52. The molecule has 1 heterocycles. The van der Waals surface area contributed by atoms with Gasteiger partial charge in [-0.05, 0) is 17.2 Å². The van der Waals surface area contributed by atoms with Crippen molar-refractivity contribution in [1.82, 2.24) is 15.3 Å². The fraction of sp³-hybridized carbons (Fsp3) is 0.188. The van der Waals surface area contributed by atoms with Crippen LogP contribution in [0, 0.1) is 11.8 Å². The SMILES string of the molecule is O=C(NCCC#Cc1cnc(Cl)nc1Cl)OCc1ccccc1. The van der Waals surface area contributed by atoms with Crippen molar-refractivity contribution in [2.24, 2.45) is 0 Å². The summed E-state index contributed by atoms with van der Waals surface area (Å²) in [7, 11) is 0.